The zero-order valence-electron chi connectivity index (χ0n) is 43.0. The summed E-state index contributed by atoms with van der Waals surface area (Å²) in [6, 6.07) is 12.7. The van der Waals surface area contributed by atoms with Gasteiger partial charge in [-0.1, -0.05) is 38.2 Å². The number of carbonyl (C=O) groups excluding carboxylic acids is 5. The number of hydrogen-bond acceptors (Lipinski definition) is 12. The lowest BCUT2D eigenvalue weighted by Crippen LogP contribution is -2.54. The van der Waals surface area contributed by atoms with E-state index in [1.54, 1.807) is 18.2 Å². The van der Waals surface area contributed by atoms with Gasteiger partial charge in [-0.3, -0.25) is 43.9 Å². The number of anilines is 2. The molecule has 3 N–H and O–H groups in total. The van der Waals surface area contributed by atoms with E-state index in [4.69, 9.17) is 14.5 Å². The van der Waals surface area contributed by atoms with Crippen LogP contribution in [-0.2, 0) is 33.7 Å². The summed E-state index contributed by atoms with van der Waals surface area (Å²) in [6.45, 7) is 13.9. The van der Waals surface area contributed by atoms with Gasteiger partial charge in [0, 0.05) is 99.2 Å². The molecular weight excluding hydrogens is 925 g/mol. The molecule has 16 nitrogen and oxygen atoms in total. The van der Waals surface area contributed by atoms with Crippen molar-refractivity contribution in [3.63, 3.8) is 0 Å². The molecule has 1 atom stereocenters. The van der Waals surface area contributed by atoms with Gasteiger partial charge >= 0.3 is 0 Å². The van der Waals surface area contributed by atoms with Gasteiger partial charge in [-0.2, -0.15) is 0 Å². The van der Waals surface area contributed by atoms with Crippen molar-refractivity contribution in [1.29, 1.82) is 0 Å². The molecule has 0 spiro atoms. The highest BCUT2D eigenvalue weighted by Gasteiger charge is 2.46. The number of rotatable bonds is 20. The summed E-state index contributed by atoms with van der Waals surface area (Å²) in [5.41, 5.74) is 8.70. The molecule has 5 aliphatic rings. The molecule has 3 saturated heterocycles. The third-order valence-corrected chi connectivity index (χ3v) is 15.8. The lowest BCUT2D eigenvalue weighted by atomic mass is 9.88. The first kappa shape index (κ1) is 51.5. The van der Waals surface area contributed by atoms with Gasteiger partial charge in [0.1, 0.15) is 17.6 Å². The second kappa shape index (κ2) is 23.7. The lowest BCUT2D eigenvalue weighted by Gasteiger charge is -2.37. The lowest BCUT2D eigenvalue weighted by molar-refractivity contribution is -0.136. The number of ether oxygens (including phenoxy) is 2. The Morgan fingerprint density at radius 3 is 2.30 bits per heavy atom. The number of aryl methyl sites for hydroxylation is 1. The van der Waals surface area contributed by atoms with Crippen LogP contribution in [0.1, 0.15) is 149 Å². The fraction of sp³-hybridized carbons (Fsp3) is 0.526. The van der Waals surface area contributed by atoms with E-state index >= 15 is 0 Å². The fourth-order valence-corrected chi connectivity index (χ4v) is 11.6. The molecule has 6 heterocycles. The Hall–Kier alpha value is -6.39. The Morgan fingerprint density at radius 1 is 0.836 bits per heavy atom. The van der Waals surface area contributed by atoms with Crippen molar-refractivity contribution in [3.05, 3.63) is 104 Å². The SMILES string of the molecule is CCN(c1cc(-c2ccc(N3CCN(CCCCCCCCCOc4cccc5c4C(=O)N(C4CCC(=O)NC4=O)C5=O)CC3)nc2)cc(C(=O)NCc2c3c(c(C)[nH]c2=O)CCCC3)c1C)C1CCOCC1. The maximum atomic E-state index is 14.3. The number of aromatic nitrogens is 2. The van der Waals surface area contributed by atoms with E-state index in [1.807, 2.05) is 26.1 Å². The number of carbonyl (C=O) groups is 5. The Bertz CT molecular complexity index is 2740. The molecule has 3 fully saturated rings. The summed E-state index contributed by atoms with van der Waals surface area (Å²) in [6.07, 6.45) is 15.5. The number of aromatic amines is 1. The molecule has 4 aromatic rings. The van der Waals surface area contributed by atoms with E-state index in [0.29, 0.717) is 29.5 Å². The summed E-state index contributed by atoms with van der Waals surface area (Å²) in [5.74, 6) is -1.00. The Morgan fingerprint density at radius 2 is 1.58 bits per heavy atom. The van der Waals surface area contributed by atoms with Crippen molar-refractivity contribution in [2.75, 3.05) is 68.9 Å². The van der Waals surface area contributed by atoms with Crippen LogP contribution in [-0.4, -0.2) is 120 Å². The van der Waals surface area contributed by atoms with Gasteiger partial charge in [0.25, 0.3) is 23.3 Å². The van der Waals surface area contributed by atoms with Gasteiger partial charge in [-0.25, -0.2) is 4.98 Å². The molecule has 1 unspecified atom stereocenters. The maximum Gasteiger partial charge on any atom is 0.266 e. The summed E-state index contributed by atoms with van der Waals surface area (Å²) < 4.78 is 11.7. The zero-order chi connectivity index (χ0) is 51.0. The second-order valence-electron chi connectivity index (χ2n) is 20.4. The van der Waals surface area contributed by atoms with Crippen molar-refractivity contribution >= 4 is 41.0 Å². The number of amides is 5. The minimum Gasteiger partial charge on any atom is -0.493 e. The highest BCUT2D eigenvalue weighted by Crippen LogP contribution is 2.36. The minimum absolute atomic E-state index is 0.0758. The smallest absolute Gasteiger partial charge is 0.266 e. The Labute approximate surface area is 428 Å². The number of fused-ring (bicyclic) bond motifs is 2. The Kier molecular flexibility index (Phi) is 16.7. The van der Waals surface area contributed by atoms with Crippen molar-refractivity contribution in [2.24, 2.45) is 0 Å². The second-order valence-corrected chi connectivity index (χ2v) is 20.4. The molecule has 0 radical (unpaired) electrons. The molecule has 73 heavy (non-hydrogen) atoms. The van der Waals surface area contributed by atoms with Crippen LogP contribution >= 0.6 is 0 Å². The van der Waals surface area contributed by atoms with Crippen molar-refractivity contribution in [1.82, 2.24) is 30.4 Å². The number of nitrogens with one attached hydrogen (secondary N) is 3. The average molecular weight is 997 g/mol. The topological polar surface area (TPSA) is 187 Å². The van der Waals surface area contributed by atoms with Gasteiger partial charge in [0.05, 0.1) is 17.7 Å². The molecule has 0 bridgehead atoms. The predicted molar refractivity (Wildman–Crippen MR) is 280 cm³/mol. The van der Waals surface area contributed by atoms with Gasteiger partial charge < -0.3 is 29.6 Å². The summed E-state index contributed by atoms with van der Waals surface area (Å²) in [7, 11) is 0. The summed E-state index contributed by atoms with van der Waals surface area (Å²) >= 11 is 0. The van der Waals surface area contributed by atoms with Crippen LogP contribution in [0, 0.1) is 13.8 Å². The summed E-state index contributed by atoms with van der Waals surface area (Å²) in [4.78, 5) is 94.4. The number of benzene rings is 2. The molecule has 9 rings (SSSR count). The Balaban J connectivity index is 0.726. The molecule has 5 amide bonds. The van der Waals surface area contributed by atoms with Crippen LogP contribution in [0.2, 0.25) is 0 Å². The number of unbranched alkanes of at least 4 members (excludes halogenated alkanes) is 6. The third-order valence-electron chi connectivity index (χ3n) is 15.8. The van der Waals surface area contributed by atoms with Gasteiger partial charge in [0.2, 0.25) is 11.8 Å². The molecule has 388 valence electrons. The highest BCUT2D eigenvalue weighted by molar-refractivity contribution is 6.24. The van der Waals surface area contributed by atoms with Crippen LogP contribution in [0.3, 0.4) is 0 Å². The van der Waals surface area contributed by atoms with Crippen LogP contribution < -0.4 is 30.7 Å². The first-order valence-corrected chi connectivity index (χ1v) is 26.9. The molecule has 1 aliphatic carbocycles. The van der Waals surface area contributed by atoms with E-state index in [0.717, 1.165) is 167 Å². The van der Waals surface area contributed by atoms with Crippen molar-refractivity contribution < 1.29 is 33.4 Å². The van der Waals surface area contributed by atoms with Gasteiger partial charge in [-0.05, 0) is 144 Å². The maximum absolute atomic E-state index is 14.3. The van der Waals surface area contributed by atoms with E-state index in [-0.39, 0.29) is 42.0 Å². The number of nitrogens with zero attached hydrogens (tertiary/aromatic N) is 5. The van der Waals surface area contributed by atoms with E-state index in [9.17, 15) is 28.8 Å². The number of H-pyrrole nitrogens is 1. The largest absolute Gasteiger partial charge is 0.493 e. The first-order valence-electron chi connectivity index (χ1n) is 26.9. The monoisotopic (exact) mass is 997 g/mol. The molecule has 0 saturated carbocycles. The number of imide groups is 2. The number of piperidine rings is 1. The normalized spacial score (nSPS) is 18.4. The predicted octanol–water partition coefficient (Wildman–Crippen LogP) is 7.20. The number of piperazine rings is 1. The first-order chi connectivity index (χ1) is 35.5. The molecule has 2 aromatic heterocycles. The van der Waals surface area contributed by atoms with Gasteiger partial charge in [-0.15, -0.1) is 0 Å². The number of hydrogen-bond donors (Lipinski definition) is 3. The molecular formula is C57H72N8O8. The molecule has 2 aromatic carbocycles. The van der Waals surface area contributed by atoms with Crippen LogP contribution in [0.15, 0.2) is 53.5 Å². The third kappa shape index (κ3) is 11.5. The van der Waals surface area contributed by atoms with Gasteiger partial charge in [0.15, 0.2) is 0 Å². The minimum atomic E-state index is -1.00. The van der Waals surface area contributed by atoms with E-state index < -0.39 is 29.7 Å². The fourth-order valence-electron chi connectivity index (χ4n) is 11.6. The van der Waals surface area contributed by atoms with Crippen LogP contribution in [0.4, 0.5) is 11.5 Å². The standard InChI is InChI=1S/C57H72N8O8/c1-4-64(41-23-31-72-32-24-41)48-34-40(33-45(37(48)2)53(67)59-36-46-43-16-11-10-15-42(43)38(3)60-54(46)68)39-19-21-50(58-35-39)63-28-26-62(27-29-63)25-12-8-6-5-7-9-13-30-73-49-18-14-17-44-52(49)57(71)65(56(44)70)47-20-22-51(66)61-55(47)69/h14,17-19,21,33-35,41,47H,4-13,15-16,20,22-32,36H2,1-3H3,(H,59,67)(H,60,68)(H,61,66,69). The average Bonchev–Trinajstić information content (AvgIpc) is 3.66. The van der Waals surface area contributed by atoms with E-state index in [1.165, 1.54) is 18.4 Å². The van der Waals surface area contributed by atoms with Crippen LogP contribution in [0.5, 0.6) is 5.75 Å². The zero-order valence-corrected chi connectivity index (χ0v) is 43.0. The number of pyridine rings is 2. The van der Waals surface area contributed by atoms with Crippen molar-refractivity contribution in [3.8, 4) is 16.9 Å². The van der Waals surface area contributed by atoms with Crippen molar-refractivity contribution in [2.45, 2.75) is 136 Å². The van der Waals surface area contributed by atoms with E-state index in [2.05, 4.69) is 55.4 Å². The molecule has 16 heteroatoms. The quantitative estimate of drug-likeness (QED) is 0.0598. The highest BCUT2D eigenvalue weighted by atomic mass is 16.5. The molecule has 4 aliphatic heterocycles. The summed E-state index contributed by atoms with van der Waals surface area (Å²) in [5, 5.41) is 5.39. The van der Waals surface area contributed by atoms with Crippen LogP contribution in [0.25, 0.3) is 11.1 Å².